The largest absolute Gasteiger partial charge is 0.465 e. The monoisotopic (exact) mass is 282 g/mol. The SMILES string of the molecule is COCCN(C)CCNc1cc(C(=O)OC)c(N)cn1. The van der Waals surface area contributed by atoms with Gasteiger partial charge >= 0.3 is 5.97 Å². The van der Waals surface area contributed by atoms with Gasteiger partial charge in [-0.05, 0) is 13.1 Å². The summed E-state index contributed by atoms with van der Waals surface area (Å²) in [6.07, 6.45) is 1.45. The van der Waals surface area contributed by atoms with Crippen molar-refractivity contribution in [1.29, 1.82) is 0 Å². The van der Waals surface area contributed by atoms with E-state index in [9.17, 15) is 4.79 Å². The smallest absolute Gasteiger partial charge is 0.340 e. The molecule has 0 amide bonds. The van der Waals surface area contributed by atoms with Gasteiger partial charge in [-0.15, -0.1) is 0 Å². The van der Waals surface area contributed by atoms with Crippen molar-refractivity contribution in [3.8, 4) is 0 Å². The lowest BCUT2D eigenvalue weighted by molar-refractivity contribution is 0.0602. The van der Waals surface area contributed by atoms with Crippen molar-refractivity contribution in [2.45, 2.75) is 0 Å². The standard InChI is InChI=1S/C13H22N4O3/c1-17(6-7-19-2)5-4-15-12-8-10(13(18)20-3)11(14)9-16-12/h8-9H,4-7,14H2,1-3H3,(H,15,16). The van der Waals surface area contributed by atoms with Gasteiger partial charge in [-0.1, -0.05) is 0 Å². The summed E-state index contributed by atoms with van der Waals surface area (Å²) in [5.41, 5.74) is 6.31. The number of hydrogen-bond donors (Lipinski definition) is 2. The second-order valence-corrected chi connectivity index (χ2v) is 4.37. The van der Waals surface area contributed by atoms with Crippen LogP contribution in [0.2, 0.25) is 0 Å². The third-order valence-electron chi connectivity index (χ3n) is 2.82. The Bertz CT molecular complexity index is 440. The van der Waals surface area contributed by atoms with Gasteiger partial charge in [-0.3, -0.25) is 0 Å². The first kappa shape index (κ1) is 16.2. The summed E-state index contributed by atoms with van der Waals surface area (Å²) in [6, 6.07) is 1.59. The van der Waals surface area contributed by atoms with E-state index < -0.39 is 5.97 Å². The Hall–Kier alpha value is -1.86. The maximum atomic E-state index is 11.5. The minimum atomic E-state index is -0.467. The number of pyridine rings is 1. The fourth-order valence-corrected chi connectivity index (χ4v) is 1.58. The Morgan fingerprint density at radius 2 is 2.20 bits per heavy atom. The summed E-state index contributed by atoms with van der Waals surface area (Å²) in [5.74, 6) is 0.130. The van der Waals surface area contributed by atoms with Gasteiger partial charge in [0.1, 0.15) is 5.82 Å². The first-order chi connectivity index (χ1) is 9.58. The molecule has 7 heteroatoms. The van der Waals surface area contributed by atoms with Crippen LogP contribution < -0.4 is 11.1 Å². The van der Waals surface area contributed by atoms with E-state index in [1.807, 2.05) is 7.05 Å². The summed E-state index contributed by atoms with van der Waals surface area (Å²) in [6.45, 7) is 3.10. The van der Waals surface area contributed by atoms with Crippen LogP contribution in [0.25, 0.3) is 0 Å². The van der Waals surface area contributed by atoms with Crippen LogP contribution in [0.1, 0.15) is 10.4 Å². The van der Waals surface area contributed by atoms with Crippen molar-refractivity contribution in [2.24, 2.45) is 0 Å². The topological polar surface area (TPSA) is 89.7 Å². The Morgan fingerprint density at radius 3 is 2.85 bits per heavy atom. The first-order valence-electron chi connectivity index (χ1n) is 6.33. The zero-order chi connectivity index (χ0) is 15.0. The summed E-state index contributed by atoms with van der Waals surface area (Å²) in [4.78, 5) is 17.8. The van der Waals surface area contributed by atoms with Crippen molar-refractivity contribution in [2.75, 3.05) is 58.6 Å². The number of carbonyl (C=O) groups excluding carboxylic acids is 1. The van der Waals surface area contributed by atoms with Gasteiger partial charge in [0.15, 0.2) is 0 Å². The van der Waals surface area contributed by atoms with E-state index in [0.29, 0.717) is 30.2 Å². The molecule has 0 saturated heterocycles. The third kappa shape index (κ3) is 5.02. The number of likely N-dealkylation sites (N-methyl/N-ethyl adjacent to an activating group) is 1. The number of methoxy groups -OCH3 is 2. The lowest BCUT2D eigenvalue weighted by Gasteiger charge is -2.16. The van der Waals surface area contributed by atoms with Crippen LogP contribution >= 0.6 is 0 Å². The predicted octanol–water partition coefficient (Wildman–Crippen LogP) is 0.441. The highest BCUT2D eigenvalue weighted by Crippen LogP contribution is 2.15. The molecule has 112 valence electrons. The Morgan fingerprint density at radius 1 is 1.45 bits per heavy atom. The lowest BCUT2D eigenvalue weighted by atomic mass is 10.2. The number of carbonyl (C=O) groups is 1. The molecule has 0 aliphatic rings. The number of anilines is 2. The molecule has 0 radical (unpaired) electrons. The normalized spacial score (nSPS) is 10.6. The highest BCUT2D eigenvalue weighted by atomic mass is 16.5. The molecule has 0 aliphatic carbocycles. The van der Waals surface area contributed by atoms with Gasteiger partial charge in [0.2, 0.25) is 0 Å². The molecule has 0 aliphatic heterocycles. The summed E-state index contributed by atoms with van der Waals surface area (Å²) in [5, 5.41) is 3.14. The zero-order valence-electron chi connectivity index (χ0n) is 12.2. The second kappa shape index (κ2) is 8.34. The maximum Gasteiger partial charge on any atom is 0.340 e. The molecule has 1 aromatic rings. The van der Waals surface area contributed by atoms with Gasteiger partial charge in [0, 0.05) is 26.7 Å². The quantitative estimate of drug-likeness (QED) is 0.669. The molecule has 1 rings (SSSR count). The molecular weight excluding hydrogens is 260 g/mol. The van der Waals surface area contributed by atoms with Crippen LogP contribution in [-0.2, 0) is 9.47 Å². The number of hydrogen-bond acceptors (Lipinski definition) is 7. The third-order valence-corrected chi connectivity index (χ3v) is 2.82. The van der Waals surface area contributed by atoms with E-state index in [1.165, 1.54) is 13.3 Å². The minimum absolute atomic E-state index is 0.305. The van der Waals surface area contributed by atoms with Gasteiger partial charge in [-0.2, -0.15) is 0 Å². The Labute approximate surface area is 119 Å². The molecular formula is C13H22N4O3. The van der Waals surface area contributed by atoms with Crippen LogP contribution in [-0.4, -0.2) is 63.4 Å². The number of nitrogens with zero attached hydrogens (tertiary/aromatic N) is 2. The molecule has 1 aromatic heterocycles. The highest BCUT2D eigenvalue weighted by Gasteiger charge is 2.11. The summed E-state index contributed by atoms with van der Waals surface area (Å²) in [7, 11) is 5.01. The lowest BCUT2D eigenvalue weighted by Crippen LogP contribution is -2.28. The van der Waals surface area contributed by atoms with Crippen molar-refractivity contribution in [1.82, 2.24) is 9.88 Å². The number of ether oxygens (including phenoxy) is 2. The minimum Gasteiger partial charge on any atom is -0.465 e. The van der Waals surface area contributed by atoms with Crippen molar-refractivity contribution in [3.05, 3.63) is 17.8 Å². The van der Waals surface area contributed by atoms with E-state index >= 15 is 0 Å². The van der Waals surface area contributed by atoms with Crippen LogP contribution in [0.15, 0.2) is 12.3 Å². The highest BCUT2D eigenvalue weighted by molar-refractivity contribution is 5.95. The van der Waals surface area contributed by atoms with E-state index in [1.54, 1.807) is 13.2 Å². The molecule has 1 heterocycles. The molecule has 0 atom stereocenters. The van der Waals surface area contributed by atoms with Gasteiger partial charge in [-0.25, -0.2) is 9.78 Å². The van der Waals surface area contributed by atoms with Gasteiger partial charge < -0.3 is 25.4 Å². The number of nitrogen functional groups attached to an aromatic ring is 1. The molecule has 7 nitrogen and oxygen atoms in total. The molecule has 0 saturated carbocycles. The molecule has 3 N–H and O–H groups in total. The van der Waals surface area contributed by atoms with E-state index in [2.05, 4.69) is 19.9 Å². The fourth-order valence-electron chi connectivity index (χ4n) is 1.58. The van der Waals surface area contributed by atoms with E-state index in [0.717, 1.165) is 13.1 Å². The molecule has 0 unspecified atom stereocenters. The number of nitrogens with two attached hydrogens (primary N) is 1. The van der Waals surface area contributed by atoms with Gasteiger partial charge in [0.05, 0.1) is 31.2 Å². The predicted molar refractivity (Wildman–Crippen MR) is 77.9 cm³/mol. The second-order valence-electron chi connectivity index (χ2n) is 4.37. The maximum absolute atomic E-state index is 11.5. The Balaban J connectivity index is 2.50. The number of aromatic nitrogens is 1. The zero-order valence-corrected chi connectivity index (χ0v) is 12.2. The molecule has 0 fully saturated rings. The van der Waals surface area contributed by atoms with Crippen LogP contribution in [0, 0.1) is 0 Å². The molecule has 0 bridgehead atoms. The summed E-state index contributed by atoms with van der Waals surface area (Å²) >= 11 is 0. The first-order valence-corrected chi connectivity index (χ1v) is 6.33. The van der Waals surface area contributed by atoms with Gasteiger partial charge in [0.25, 0.3) is 0 Å². The number of esters is 1. The average molecular weight is 282 g/mol. The molecule has 0 aromatic carbocycles. The van der Waals surface area contributed by atoms with E-state index in [-0.39, 0.29) is 0 Å². The fraction of sp³-hybridized carbons (Fsp3) is 0.538. The van der Waals surface area contributed by atoms with Crippen molar-refractivity contribution < 1.29 is 14.3 Å². The average Bonchev–Trinajstić information content (AvgIpc) is 2.46. The summed E-state index contributed by atoms with van der Waals surface area (Å²) < 4.78 is 9.67. The molecule has 20 heavy (non-hydrogen) atoms. The van der Waals surface area contributed by atoms with Crippen LogP contribution in [0.3, 0.4) is 0 Å². The number of rotatable bonds is 8. The van der Waals surface area contributed by atoms with Crippen LogP contribution in [0.5, 0.6) is 0 Å². The van der Waals surface area contributed by atoms with Crippen molar-refractivity contribution >= 4 is 17.5 Å². The van der Waals surface area contributed by atoms with E-state index in [4.69, 9.17) is 10.5 Å². The Kier molecular flexibility index (Phi) is 6.75. The van der Waals surface area contributed by atoms with Crippen LogP contribution in [0.4, 0.5) is 11.5 Å². The number of nitrogens with one attached hydrogen (secondary N) is 1. The molecule has 0 spiro atoms. The van der Waals surface area contributed by atoms with Crippen molar-refractivity contribution in [3.63, 3.8) is 0 Å².